The molecule has 0 saturated carbocycles. The highest BCUT2D eigenvalue weighted by Crippen LogP contribution is 2.26. The smallest absolute Gasteiger partial charge is 0.319 e. The Labute approximate surface area is 141 Å². The van der Waals surface area contributed by atoms with E-state index in [0.717, 1.165) is 0 Å². The van der Waals surface area contributed by atoms with Gasteiger partial charge in [0.2, 0.25) is 11.6 Å². The number of H-pyrrole nitrogens is 1. The number of amides is 2. The van der Waals surface area contributed by atoms with E-state index in [0.29, 0.717) is 28.5 Å². The van der Waals surface area contributed by atoms with Crippen molar-refractivity contribution in [2.75, 3.05) is 17.6 Å². The minimum Gasteiger partial charge on any atom is -0.337 e. The van der Waals surface area contributed by atoms with Gasteiger partial charge in [0.05, 0.1) is 16.7 Å². The second kappa shape index (κ2) is 7.14. The van der Waals surface area contributed by atoms with E-state index in [1.165, 1.54) is 24.0 Å². The van der Waals surface area contributed by atoms with Crippen molar-refractivity contribution in [2.45, 2.75) is 0 Å². The molecule has 0 bridgehead atoms. The Bertz CT molecular complexity index is 814. The zero-order valence-electron chi connectivity index (χ0n) is 12.5. The number of anilines is 1. The predicted octanol–water partition coefficient (Wildman–Crippen LogP) is 2.23. The average Bonchev–Trinajstić information content (AvgIpc) is 3.07. The number of rotatable bonds is 5. The van der Waals surface area contributed by atoms with Crippen LogP contribution >= 0.6 is 11.8 Å². The van der Waals surface area contributed by atoms with Crippen LogP contribution in [-0.4, -0.2) is 40.1 Å². The molecule has 0 saturated heterocycles. The molecule has 0 unspecified atom stereocenters. The first-order valence-corrected chi connectivity index (χ1v) is 8.20. The summed E-state index contributed by atoms with van der Waals surface area (Å²) >= 11 is 1.23. The fourth-order valence-electron chi connectivity index (χ4n) is 2.17. The molecule has 1 aliphatic carbocycles. The number of carbonyl (C=O) groups excluding carboxylic acids is 3. The zero-order chi connectivity index (χ0) is 16.9. The monoisotopic (exact) mass is 342 g/mol. The molecule has 0 aliphatic heterocycles. The van der Waals surface area contributed by atoms with Gasteiger partial charge < -0.3 is 10.6 Å². The summed E-state index contributed by atoms with van der Waals surface area (Å²) in [5.41, 5.74) is 1.22. The molecule has 24 heavy (non-hydrogen) atoms. The van der Waals surface area contributed by atoms with E-state index in [4.69, 9.17) is 0 Å². The standard InChI is InChI=1S/C16H14N4O3S/c21-12-8-13(15(22)11-9-18-20-14(11)12)24-7-6-17-16(23)19-10-4-2-1-3-5-10/h1-5,8-9H,6-7H2,(H,18,20)(H2,17,19,23). The number of nitrogens with zero attached hydrogens (tertiary/aromatic N) is 1. The summed E-state index contributed by atoms with van der Waals surface area (Å²) in [5.74, 6) is -0.0169. The molecule has 0 fully saturated rings. The highest BCUT2D eigenvalue weighted by Gasteiger charge is 2.27. The van der Waals surface area contributed by atoms with Crippen molar-refractivity contribution in [1.29, 1.82) is 0 Å². The molecular weight excluding hydrogens is 328 g/mol. The fourth-order valence-corrected chi connectivity index (χ4v) is 3.02. The molecule has 1 aliphatic rings. The molecule has 2 amide bonds. The van der Waals surface area contributed by atoms with E-state index in [1.807, 2.05) is 18.2 Å². The summed E-state index contributed by atoms with van der Waals surface area (Å²) in [6, 6.07) is 8.77. The van der Waals surface area contributed by atoms with Crippen LogP contribution in [0.25, 0.3) is 0 Å². The third-order valence-electron chi connectivity index (χ3n) is 3.29. The summed E-state index contributed by atoms with van der Waals surface area (Å²) in [6.07, 6.45) is 2.66. The minimum absolute atomic E-state index is 0.225. The number of allylic oxidation sites excluding steroid dienone is 2. The first kappa shape index (κ1) is 16.0. The van der Waals surface area contributed by atoms with Crippen LogP contribution in [0.3, 0.4) is 0 Å². The molecular formula is C16H14N4O3S. The third kappa shape index (κ3) is 3.54. The molecule has 3 N–H and O–H groups in total. The molecule has 0 atom stereocenters. The van der Waals surface area contributed by atoms with Gasteiger partial charge in [0, 0.05) is 24.1 Å². The van der Waals surface area contributed by atoms with E-state index in [1.54, 1.807) is 12.1 Å². The van der Waals surface area contributed by atoms with Gasteiger partial charge in [-0.05, 0) is 12.1 Å². The number of fused-ring (bicyclic) bond motifs is 1. The number of nitrogens with one attached hydrogen (secondary N) is 3. The van der Waals surface area contributed by atoms with Crippen molar-refractivity contribution >= 4 is 35.0 Å². The number of ketones is 2. The van der Waals surface area contributed by atoms with Gasteiger partial charge in [-0.25, -0.2) is 4.79 Å². The number of hydrogen-bond donors (Lipinski definition) is 3. The number of urea groups is 1. The molecule has 2 aromatic rings. The second-order valence-electron chi connectivity index (χ2n) is 4.96. The van der Waals surface area contributed by atoms with E-state index >= 15 is 0 Å². The Kier molecular flexibility index (Phi) is 4.76. The zero-order valence-corrected chi connectivity index (χ0v) is 13.4. The van der Waals surface area contributed by atoms with Gasteiger partial charge in [-0.3, -0.25) is 14.7 Å². The number of para-hydroxylation sites is 1. The molecule has 1 aromatic heterocycles. The Morgan fingerprint density at radius 3 is 2.79 bits per heavy atom. The lowest BCUT2D eigenvalue weighted by molar-refractivity contribution is 0.0989. The summed E-state index contributed by atoms with van der Waals surface area (Å²) in [7, 11) is 0. The van der Waals surface area contributed by atoms with Gasteiger partial charge in [0.15, 0.2) is 0 Å². The maximum Gasteiger partial charge on any atom is 0.319 e. The summed E-state index contributed by atoms with van der Waals surface area (Å²) < 4.78 is 0. The molecule has 122 valence electrons. The summed E-state index contributed by atoms with van der Waals surface area (Å²) in [4.78, 5) is 36.1. The number of aromatic amines is 1. The van der Waals surface area contributed by atoms with Crippen molar-refractivity contribution in [3.05, 3.63) is 58.8 Å². The van der Waals surface area contributed by atoms with Crippen LogP contribution in [0, 0.1) is 0 Å². The molecule has 0 radical (unpaired) electrons. The molecule has 7 nitrogen and oxygen atoms in total. The quantitative estimate of drug-likeness (QED) is 0.723. The number of Topliss-reactive ketones (excluding diaryl/α,β-unsaturated/α-hetero) is 1. The fraction of sp³-hybridized carbons (Fsp3) is 0.125. The lowest BCUT2D eigenvalue weighted by atomic mass is 10.0. The molecule has 1 heterocycles. The molecule has 0 spiro atoms. The minimum atomic E-state index is -0.320. The van der Waals surface area contributed by atoms with Crippen LogP contribution in [0.15, 0.2) is 47.5 Å². The van der Waals surface area contributed by atoms with Crippen molar-refractivity contribution < 1.29 is 14.4 Å². The van der Waals surface area contributed by atoms with Gasteiger partial charge in [-0.15, -0.1) is 11.8 Å². The van der Waals surface area contributed by atoms with Crippen molar-refractivity contribution in [3.8, 4) is 0 Å². The number of aromatic nitrogens is 2. The summed E-state index contributed by atoms with van der Waals surface area (Å²) in [5, 5.41) is 11.6. The number of hydrogen-bond acceptors (Lipinski definition) is 5. The first-order valence-electron chi connectivity index (χ1n) is 7.22. The van der Waals surface area contributed by atoms with E-state index < -0.39 is 0 Å². The van der Waals surface area contributed by atoms with Crippen molar-refractivity contribution in [3.63, 3.8) is 0 Å². The number of thioether (sulfide) groups is 1. The van der Waals surface area contributed by atoms with Crippen LogP contribution in [-0.2, 0) is 0 Å². The average molecular weight is 342 g/mol. The third-order valence-corrected chi connectivity index (χ3v) is 4.32. The maximum atomic E-state index is 12.2. The lowest BCUT2D eigenvalue weighted by Crippen LogP contribution is -2.30. The molecule has 1 aromatic carbocycles. The van der Waals surface area contributed by atoms with Crippen LogP contribution in [0.4, 0.5) is 10.5 Å². The normalized spacial score (nSPS) is 13.2. The highest BCUT2D eigenvalue weighted by atomic mass is 32.2. The van der Waals surface area contributed by atoms with E-state index in [9.17, 15) is 14.4 Å². The largest absolute Gasteiger partial charge is 0.337 e. The number of benzene rings is 1. The Morgan fingerprint density at radius 2 is 2.00 bits per heavy atom. The van der Waals surface area contributed by atoms with E-state index in [-0.39, 0.29) is 23.3 Å². The summed E-state index contributed by atoms with van der Waals surface area (Å²) in [6.45, 7) is 0.361. The van der Waals surface area contributed by atoms with Gasteiger partial charge in [-0.1, -0.05) is 18.2 Å². The second-order valence-corrected chi connectivity index (χ2v) is 6.09. The van der Waals surface area contributed by atoms with Crippen molar-refractivity contribution in [1.82, 2.24) is 15.5 Å². The van der Waals surface area contributed by atoms with Crippen LogP contribution in [0.5, 0.6) is 0 Å². The van der Waals surface area contributed by atoms with Crippen LogP contribution < -0.4 is 10.6 Å². The van der Waals surface area contributed by atoms with Crippen LogP contribution in [0.2, 0.25) is 0 Å². The lowest BCUT2D eigenvalue weighted by Gasteiger charge is -2.11. The van der Waals surface area contributed by atoms with Gasteiger partial charge >= 0.3 is 6.03 Å². The van der Waals surface area contributed by atoms with Crippen molar-refractivity contribution in [2.24, 2.45) is 0 Å². The van der Waals surface area contributed by atoms with Gasteiger partial charge in [0.25, 0.3) is 0 Å². The van der Waals surface area contributed by atoms with Gasteiger partial charge in [-0.2, -0.15) is 5.10 Å². The molecule has 8 heteroatoms. The van der Waals surface area contributed by atoms with Crippen LogP contribution in [0.1, 0.15) is 20.8 Å². The Balaban J connectivity index is 1.46. The highest BCUT2D eigenvalue weighted by molar-refractivity contribution is 8.04. The van der Waals surface area contributed by atoms with Gasteiger partial charge in [0.1, 0.15) is 5.69 Å². The number of carbonyl (C=O) groups is 3. The predicted molar refractivity (Wildman–Crippen MR) is 91.3 cm³/mol. The Hall–Kier alpha value is -2.87. The first-order chi connectivity index (χ1) is 11.6. The maximum absolute atomic E-state index is 12.2. The topological polar surface area (TPSA) is 104 Å². The molecule has 3 rings (SSSR count). The SMILES string of the molecule is O=C(NCCSC1=CC(=O)c2[nH]ncc2C1=O)Nc1ccccc1. The Morgan fingerprint density at radius 1 is 1.21 bits per heavy atom. The van der Waals surface area contributed by atoms with E-state index in [2.05, 4.69) is 20.8 Å².